The minimum atomic E-state index is -0.131. The van der Waals surface area contributed by atoms with Crippen LogP contribution in [-0.2, 0) is 16.1 Å². The molecule has 0 aliphatic heterocycles. The van der Waals surface area contributed by atoms with Crippen LogP contribution >= 0.6 is 0 Å². The van der Waals surface area contributed by atoms with Crippen LogP contribution in [0, 0.1) is 0 Å². The third-order valence-corrected chi connectivity index (χ3v) is 2.91. The summed E-state index contributed by atoms with van der Waals surface area (Å²) in [6.45, 7) is 6.72. The first kappa shape index (κ1) is 17.5. The molecule has 1 aromatic carbocycles. The number of hydrogen-bond donors (Lipinski definition) is 1. The number of methoxy groups -OCH3 is 2. The molecule has 0 aliphatic rings. The number of carbonyl (C=O) groups excluding carboxylic acids is 1. The van der Waals surface area contributed by atoms with Crippen molar-refractivity contribution in [1.82, 2.24) is 5.32 Å². The maximum atomic E-state index is 12.2. The number of ether oxygens (including phenoxy) is 3. The van der Waals surface area contributed by atoms with Crippen LogP contribution in [0.25, 0.3) is 0 Å². The van der Waals surface area contributed by atoms with Gasteiger partial charge in [-0.15, -0.1) is 0 Å². The van der Waals surface area contributed by atoms with Crippen LogP contribution < -0.4 is 10.1 Å². The van der Waals surface area contributed by atoms with Crippen molar-refractivity contribution in [1.29, 1.82) is 0 Å². The van der Waals surface area contributed by atoms with E-state index in [-0.39, 0.29) is 18.1 Å². The number of benzene rings is 1. The van der Waals surface area contributed by atoms with Crippen LogP contribution in [0.2, 0.25) is 0 Å². The molecule has 0 saturated carbocycles. The van der Waals surface area contributed by atoms with E-state index in [4.69, 9.17) is 14.2 Å². The van der Waals surface area contributed by atoms with Gasteiger partial charge in [0.05, 0.1) is 26.4 Å². The zero-order valence-corrected chi connectivity index (χ0v) is 13.4. The number of nitrogens with one attached hydrogen (secondary N) is 1. The largest absolute Gasteiger partial charge is 0.496 e. The van der Waals surface area contributed by atoms with Crippen LogP contribution in [0.15, 0.2) is 18.2 Å². The van der Waals surface area contributed by atoms with Crippen molar-refractivity contribution < 1.29 is 19.0 Å². The summed E-state index contributed by atoms with van der Waals surface area (Å²) >= 11 is 0. The van der Waals surface area contributed by atoms with Crippen molar-refractivity contribution in [3.05, 3.63) is 29.3 Å². The molecule has 118 valence electrons. The molecule has 1 aromatic rings. The summed E-state index contributed by atoms with van der Waals surface area (Å²) in [5, 5.41) is 2.88. The first-order valence-corrected chi connectivity index (χ1v) is 7.06. The number of rotatable bonds is 8. The highest BCUT2D eigenvalue weighted by Crippen LogP contribution is 2.21. The molecule has 0 aromatic heterocycles. The van der Waals surface area contributed by atoms with E-state index < -0.39 is 0 Å². The summed E-state index contributed by atoms with van der Waals surface area (Å²) in [7, 11) is 3.21. The smallest absolute Gasteiger partial charge is 0.251 e. The molecule has 1 N–H and O–H groups in total. The predicted molar refractivity (Wildman–Crippen MR) is 81.7 cm³/mol. The molecule has 0 unspecified atom stereocenters. The Morgan fingerprint density at radius 1 is 1.24 bits per heavy atom. The van der Waals surface area contributed by atoms with Crippen molar-refractivity contribution in [2.75, 3.05) is 20.8 Å². The Hall–Kier alpha value is -1.59. The van der Waals surface area contributed by atoms with Crippen LogP contribution in [0.3, 0.4) is 0 Å². The molecular formula is C16H25NO4. The fourth-order valence-corrected chi connectivity index (χ4v) is 1.89. The fourth-order valence-electron chi connectivity index (χ4n) is 1.89. The molecule has 5 heteroatoms. The van der Waals surface area contributed by atoms with Gasteiger partial charge < -0.3 is 19.5 Å². The predicted octanol–water partition coefficient (Wildman–Crippen LogP) is 2.38. The molecule has 0 fully saturated rings. The molecule has 1 rings (SSSR count). The zero-order chi connectivity index (χ0) is 15.8. The summed E-state index contributed by atoms with van der Waals surface area (Å²) in [6.07, 6.45) is 0.119. The minimum Gasteiger partial charge on any atom is -0.496 e. The standard InChI is InChI=1S/C16H25NO4/c1-11(2)21-10-14-8-13(6-7-15(14)20-5)16(18)17-12(3)9-19-4/h6-8,11-12H,9-10H2,1-5H3,(H,17,18)/t12-/m1/s1. The van der Waals surface area contributed by atoms with Crippen molar-refractivity contribution >= 4 is 5.91 Å². The highest BCUT2D eigenvalue weighted by atomic mass is 16.5. The van der Waals surface area contributed by atoms with Gasteiger partial charge in [-0.2, -0.15) is 0 Å². The Morgan fingerprint density at radius 3 is 2.52 bits per heavy atom. The van der Waals surface area contributed by atoms with Gasteiger partial charge in [-0.05, 0) is 39.0 Å². The van der Waals surface area contributed by atoms with Crippen molar-refractivity contribution in [2.45, 2.75) is 39.5 Å². The molecule has 1 amide bonds. The summed E-state index contributed by atoms with van der Waals surface area (Å²) < 4.78 is 15.9. The summed E-state index contributed by atoms with van der Waals surface area (Å²) in [4.78, 5) is 12.2. The Labute approximate surface area is 126 Å². The van der Waals surface area contributed by atoms with E-state index >= 15 is 0 Å². The Kier molecular flexibility index (Phi) is 7.19. The molecule has 21 heavy (non-hydrogen) atoms. The van der Waals surface area contributed by atoms with E-state index in [1.165, 1.54) is 0 Å². The Morgan fingerprint density at radius 2 is 1.95 bits per heavy atom. The highest BCUT2D eigenvalue weighted by Gasteiger charge is 2.13. The van der Waals surface area contributed by atoms with E-state index in [0.29, 0.717) is 18.8 Å². The van der Waals surface area contributed by atoms with E-state index in [1.807, 2.05) is 20.8 Å². The van der Waals surface area contributed by atoms with Crippen LogP contribution in [0.1, 0.15) is 36.7 Å². The number of hydrogen-bond acceptors (Lipinski definition) is 4. The second-order valence-corrected chi connectivity index (χ2v) is 5.22. The average molecular weight is 295 g/mol. The molecule has 0 bridgehead atoms. The van der Waals surface area contributed by atoms with Gasteiger partial charge in [-0.25, -0.2) is 0 Å². The lowest BCUT2D eigenvalue weighted by Gasteiger charge is -2.15. The molecule has 0 aliphatic carbocycles. The van der Waals surface area contributed by atoms with Crippen molar-refractivity contribution in [3.63, 3.8) is 0 Å². The molecule has 0 radical (unpaired) electrons. The summed E-state index contributed by atoms with van der Waals surface area (Å²) in [5.41, 5.74) is 1.44. The molecule has 1 atom stereocenters. The first-order chi connectivity index (χ1) is 9.97. The van der Waals surface area contributed by atoms with Crippen molar-refractivity contribution in [3.8, 4) is 5.75 Å². The molecule has 0 saturated heterocycles. The topological polar surface area (TPSA) is 56.8 Å². The van der Waals surface area contributed by atoms with Gasteiger partial charge in [-0.3, -0.25) is 4.79 Å². The van der Waals surface area contributed by atoms with E-state index in [1.54, 1.807) is 32.4 Å². The van der Waals surface area contributed by atoms with Crippen LogP contribution in [0.4, 0.5) is 0 Å². The normalized spacial score (nSPS) is 12.3. The Bertz CT molecular complexity index is 460. The molecule has 0 spiro atoms. The number of carbonyl (C=O) groups is 1. The first-order valence-electron chi connectivity index (χ1n) is 7.06. The second kappa shape index (κ2) is 8.64. The van der Waals surface area contributed by atoms with Gasteiger partial charge >= 0.3 is 0 Å². The second-order valence-electron chi connectivity index (χ2n) is 5.22. The lowest BCUT2D eigenvalue weighted by atomic mass is 10.1. The van der Waals surface area contributed by atoms with Gasteiger partial charge in [0.15, 0.2) is 0 Å². The lowest BCUT2D eigenvalue weighted by Crippen LogP contribution is -2.35. The molecular weight excluding hydrogens is 270 g/mol. The fraction of sp³-hybridized carbons (Fsp3) is 0.562. The lowest BCUT2D eigenvalue weighted by molar-refractivity contribution is 0.0644. The van der Waals surface area contributed by atoms with E-state index in [9.17, 15) is 4.79 Å². The Balaban J connectivity index is 2.83. The summed E-state index contributed by atoms with van der Waals surface area (Å²) in [5.74, 6) is 0.588. The third kappa shape index (κ3) is 5.73. The van der Waals surface area contributed by atoms with Gasteiger partial charge in [0.2, 0.25) is 0 Å². The van der Waals surface area contributed by atoms with Crippen LogP contribution in [0.5, 0.6) is 5.75 Å². The van der Waals surface area contributed by atoms with Gasteiger partial charge in [0, 0.05) is 24.3 Å². The SMILES string of the molecule is COC[C@@H](C)NC(=O)c1ccc(OC)c(COC(C)C)c1. The highest BCUT2D eigenvalue weighted by molar-refractivity contribution is 5.94. The number of amides is 1. The minimum absolute atomic E-state index is 0.0417. The summed E-state index contributed by atoms with van der Waals surface area (Å²) in [6, 6.07) is 5.29. The van der Waals surface area contributed by atoms with Gasteiger partial charge in [0.25, 0.3) is 5.91 Å². The van der Waals surface area contributed by atoms with E-state index in [0.717, 1.165) is 11.3 Å². The van der Waals surface area contributed by atoms with Crippen molar-refractivity contribution in [2.24, 2.45) is 0 Å². The van der Waals surface area contributed by atoms with Gasteiger partial charge in [0.1, 0.15) is 5.75 Å². The van der Waals surface area contributed by atoms with E-state index in [2.05, 4.69) is 5.32 Å². The quantitative estimate of drug-likeness (QED) is 0.800. The molecule has 5 nitrogen and oxygen atoms in total. The van der Waals surface area contributed by atoms with Crippen LogP contribution in [-0.4, -0.2) is 38.9 Å². The maximum absolute atomic E-state index is 12.2. The maximum Gasteiger partial charge on any atom is 0.251 e. The molecule has 0 heterocycles. The zero-order valence-electron chi connectivity index (χ0n) is 13.4. The average Bonchev–Trinajstić information content (AvgIpc) is 2.44. The monoisotopic (exact) mass is 295 g/mol. The van der Waals surface area contributed by atoms with Gasteiger partial charge in [-0.1, -0.05) is 0 Å². The third-order valence-electron chi connectivity index (χ3n) is 2.91.